The van der Waals surface area contributed by atoms with Crippen molar-refractivity contribution in [1.82, 2.24) is 0 Å². The molecule has 10 heteroatoms. The Bertz CT molecular complexity index is 2110. The fraction of sp³-hybridized carbons (Fsp3) is 0.0500. The molecule has 0 aliphatic carbocycles. The molecule has 6 aromatic rings. The summed E-state index contributed by atoms with van der Waals surface area (Å²) in [6, 6.07) is 43.5. The predicted octanol–water partition coefficient (Wildman–Crippen LogP) is 9.65. The van der Waals surface area contributed by atoms with E-state index in [2.05, 4.69) is 0 Å². The van der Waals surface area contributed by atoms with E-state index >= 15 is 0 Å². The molecule has 7 heterocycles. The summed E-state index contributed by atoms with van der Waals surface area (Å²) in [5.74, 6) is 2.31. The number of hydrogen-bond acceptors (Lipinski definition) is 9. The molecule has 8 bridgehead atoms. The number of benzene rings is 6. The molecule has 0 unspecified atom stereocenters. The second kappa shape index (κ2) is 14.9. The minimum Gasteiger partial charge on any atom is -0.488 e. The average molecular weight is 733 g/mol. The lowest BCUT2D eigenvalue weighted by atomic mass is 10.2. The first-order valence-electron chi connectivity index (χ1n) is 15.5. The number of hydrogen-bond donors (Lipinski definition) is 0. The van der Waals surface area contributed by atoms with Gasteiger partial charge in [0.2, 0.25) is 19.9 Å². The van der Waals surface area contributed by atoms with Crippen molar-refractivity contribution in [3.05, 3.63) is 168 Å². The third-order valence-corrected chi connectivity index (χ3v) is 11.2. The van der Waals surface area contributed by atoms with Gasteiger partial charge in [0, 0.05) is 9.79 Å². The van der Waals surface area contributed by atoms with Crippen LogP contribution in [0.15, 0.2) is 165 Å². The van der Waals surface area contributed by atoms with Crippen LogP contribution in [0.3, 0.4) is 0 Å². The molecule has 50 heavy (non-hydrogen) atoms. The topological polar surface area (TPSA) is 71.1 Å². The molecular formula is C40H28O6S4. The van der Waals surface area contributed by atoms with Crippen molar-refractivity contribution in [2.45, 2.75) is 32.8 Å². The molecule has 0 saturated carbocycles. The van der Waals surface area contributed by atoms with E-state index in [4.69, 9.17) is 43.4 Å². The summed E-state index contributed by atoms with van der Waals surface area (Å²) in [4.78, 5) is 2.41. The molecule has 13 rings (SSSR count). The van der Waals surface area contributed by atoms with Gasteiger partial charge in [0.15, 0.2) is 0 Å². The van der Waals surface area contributed by atoms with E-state index in [9.17, 15) is 8.42 Å². The number of rotatable bonds is 0. The van der Waals surface area contributed by atoms with E-state index < -0.39 is 9.84 Å². The fourth-order valence-electron chi connectivity index (χ4n) is 5.12. The molecule has 0 fully saturated rings. The lowest BCUT2D eigenvalue weighted by Gasteiger charge is -2.14. The minimum absolute atomic E-state index is 0.182. The number of sulfone groups is 1. The zero-order chi connectivity index (χ0) is 34.5. The molecule has 0 aromatic heterocycles. The van der Waals surface area contributed by atoms with E-state index in [1.807, 2.05) is 97.1 Å². The maximum absolute atomic E-state index is 13.5. The van der Waals surface area contributed by atoms with Crippen LogP contribution in [0.5, 0.6) is 23.0 Å². The number of para-hydroxylation sites is 2. The van der Waals surface area contributed by atoms with Gasteiger partial charge in [0.05, 0.1) is 20.9 Å². The van der Waals surface area contributed by atoms with Crippen molar-refractivity contribution in [2.24, 2.45) is 0 Å². The quantitative estimate of drug-likeness (QED) is 0.142. The Hall–Kier alpha value is -5.00. The van der Waals surface area contributed by atoms with E-state index in [1.165, 1.54) is 0 Å². The summed E-state index contributed by atoms with van der Waals surface area (Å²) >= 11 is 12.9. The first-order chi connectivity index (χ1) is 24.3. The van der Waals surface area contributed by atoms with Crippen LogP contribution in [-0.2, 0) is 23.1 Å². The van der Waals surface area contributed by atoms with Gasteiger partial charge in [0.1, 0.15) is 36.2 Å². The normalized spacial score (nSPS) is 14.4. The van der Waals surface area contributed by atoms with Gasteiger partial charge in [-0.25, -0.2) is 8.42 Å². The predicted molar refractivity (Wildman–Crippen MR) is 202 cm³/mol. The highest BCUT2D eigenvalue weighted by Gasteiger charge is 2.19. The first kappa shape index (κ1) is 33.5. The standard InChI is InChI=1S/C40H28O6S4/c41-50(42)33-21-9-27(10-22-33)25-43-37-7-3-1-5-35(37)39(47)45-29-13-17-31(18-14-29)49-32-19-15-30(16-20-32)46-40(48)36-6-2-4-8-38(36)44-26-28-11-23-34(50)24-12-28/h1-24H,25-26H2. The maximum Gasteiger partial charge on any atom is 0.206 e. The van der Waals surface area contributed by atoms with E-state index in [-0.39, 0.29) is 33.1 Å². The summed E-state index contributed by atoms with van der Waals surface area (Å²) in [7, 11) is -3.75. The van der Waals surface area contributed by atoms with Gasteiger partial charge in [-0.05, 0) is 133 Å². The van der Waals surface area contributed by atoms with Crippen LogP contribution in [-0.4, -0.2) is 18.5 Å². The monoisotopic (exact) mass is 732 g/mol. The Labute approximate surface area is 305 Å². The summed E-state index contributed by atoms with van der Waals surface area (Å²) in [5.41, 5.74) is 2.87. The van der Waals surface area contributed by atoms with Gasteiger partial charge < -0.3 is 18.9 Å². The lowest BCUT2D eigenvalue weighted by Crippen LogP contribution is -2.10. The van der Waals surface area contributed by atoms with Crippen molar-refractivity contribution in [2.75, 3.05) is 0 Å². The lowest BCUT2D eigenvalue weighted by molar-refractivity contribution is 0.305. The molecule has 6 aromatic carbocycles. The highest BCUT2D eigenvalue weighted by Crippen LogP contribution is 2.32. The highest BCUT2D eigenvalue weighted by atomic mass is 32.2. The van der Waals surface area contributed by atoms with Crippen LogP contribution in [0.2, 0.25) is 0 Å². The molecule has 0 N–H and O–H groups in total. The molecule has 0 saturated heterocycles. The fourth-order valence-corrected chi connectivity index (χ4v) is 7.73. The summed E-state index contributed by atoms with van der Waals surface area (Å²) < 4.78 is 51.2. The van der Waals surface area contributed by atoms with Crippen LogP contribution in [0.4, 0.5) is 0 Å². The van der Waals surface area contributed by atoms with Crippen LogP contribution in [0, 0.1) is 0 Å². The Balaban J connectivity index is 1.18. The van der Waals surface area contributed by atoms with Crippen molar-refractivity contribution in [3.8, 4) is 23.0 Å². The maximum atomic E-state index is 13.5. The average Bonchev–Trinajstić information content (AvgIpc) is 3.15. The summed E-state index contributed by atoms with van der Waals surface area (Å²) in [6.07, 6.45) is 0. The smallest absolute Gasteiger partial charge is 0.206 e. The zero-order valence-corrected chi connectivity index (χ0v) is 29.6. The SMILES string of the molecule is O=S1(=O)c2ccc(cc2)COc2ccccc2C(=S)Oc2ccc(cc2)Sc2ccc(cc2)OC(=S)c2ccccc2OCc2ccc1cc2. The molecule has 0 spiro atoms. The van der Waals surface area contributed by atoms with E-state index in [1.54, 1.807) is 60.3 Å². The molecule has 0 amide bonds. The zero-order valence-electron chi connectivity index (χ0n) is 26.4. The molecule has 0 radical (unpaired) electrons. The van der Waals surface area contributed by atoms with E-state index in [0.29, 0.717) is 34.1 Å². The van der Waals surface area contributed by atoms with Gasteiger partial charge >= 0.3 is 0 Å². The van der Waals surface area contributed by atoms with Crippen molar-refractivity contribution < 1.29 is 27.4 Å². The summed E-state index contributed by atoms with van der Waals surface area (Å²) in [6.45, 7) is 0.420. The molecule has 7 aliphatic rings. The molecule has 6 nitrogen and oxygen atoms in total. The highest BCUT2D eigenvalue weighted by molar-refractivity contribution is 7.99. The second-order valence-corrected chi connectivity index (χ2v) is 15.0. The molecule has 7 aliphatic heterocycles. The molecule has 248 valence electrons. The van der Waals surface area contributed by atoms with Gasteiger partial charge in [-0.1, -0.05) is 60.3 Å². The molecular weight excluding hydrogens is 705 g/mol. The minimum atomic E-state index is -3.75. The van der Waals surface area contributed by atoms with Gasteiger partial charge in [-0.2, -0.15) is 0 Å². The molecule has 0 atom stereocenters. The van der Waals surface area contributed by atoms with Crippen molar-refractivity contribution in [1.29, 1.82) is 0 Å². The van der Waals surface area contributed by atoms with Crippen molar-refractivity contribution >= 4 is 56.1 Å². The third kappa shape index (κ3) is 7.74. The van der Waals surface area contributed by atoms with E-state index in [0.717, 1.165) is 20.9 Å². The van der Waals surface area contributed by atoms with Gasteiger partial charge in [-0.15, -0.1) is 0 Å². The Morgan fingerprint density at radius 1 is 0.480 bits per heavy atom. The number of thiocarbonyl (C=S) groups is 2. The van der Waals surface area contributed by atoms with Crippen LogP contribution in [0.1, 0.15) is 22.3 Å². The first-order valence-corrected chi connectivity index (χ1v) is 18.6. The summed E-state index contributed by atoms with van der Waals surface area (Å²) in [5, 5.41) is 0.548. The second-order valence-electron chi connectivity index (χ2n) is 11.2. The van der Waals surface area contributed by atoms with Gasteiger partial charge in [0.25, 0.3) is 0 Å². The largest absolute Gasteiger partial charge is 0.488 e. The third-order valence-electron chi connectivity index (χ3n) is 7.77. The van der Waals surface area contributed by atoms with Crippen LogP contribution >= 0.6 is 36.2 Å². The Kier molecular flexibility index (Phi) is 9.95. The Morgan fingerprint density at radius 2 is 0.860 bits per heavy atom. The van der Waals surface area contributed by atoms with Gasteiger partial charge in [-0.3, -0.25) is 0 Å². The van der Waals surface area contributed by atoms with Crippen molar-refractivity contribution in [3.63, 3.8) is 0 Å². The Morgan fingerprint density at radius 3 is 1.26 bits per heavy atom. The van der Waals surface area contributed by atoms with Crippen LogP contribution < -0.4 is 18.9 Å². The number of ether oxygens (including phenoxy) is 4. The van der Waals surface area contributed by atoms with Crippen LogP contribution in [0.25, 0.3) is 0 Å².